The van der Waals surface area contributed by atoms with Crippen molar-refractivity contribution in [1.29, 1.82) is 0 Å². The number of nitrogens with zero attached hydrogens (tertiary/aromatic N) is 1. The van der Waals surface area contributed by atoms with Crippen molar-refractivity contribution in [3.8, 4) is 0 Å². The van der Waals surface area contributed by atoms with Crippen LogP contribution >= 0.6 is 11.6 Å². The number of nitrogens with one attached hydrogen (secondary N) is 1. The summed E-state index contributed by atoms with van der Waals surface area (Å²) < 4.78 is 54.8. The third-order valence-electron chi connectivity index (χ3n) is 6.19. The molecule has 2 N–H and O–H groups in total. The van der Waals surface area contributed by atoms with E-state index >= 15 is 0 Å². The molecule has 1 saturated heterocycles. The van der Waals surface area contributed by atoms with E-state index in [-0.39, 0.29) is 36.3 Å². The highest BCUT2D eigenvalue weighted by Gasteiger charge is 2.56. The van der Waals surface area contributed by atoms with Gasteiger partial charge >= 0.3 is 18.2 Å². The van der Waals surface area contributed by atoms with Gasteiger partial charge in [-0.2, -0.15) is 13.2 Å². The zero-order valence-corrected chi connectivity index (χ0v) is 17.8. The van der Waals surface area contributed by atoms with Crippen LogP contribution < -0.4 is 5.32 Å². The van der Waals surface area contributed by atoms with E-state index in [0.717, 1.165) is 6.42 Å². The maximum atomic E-state index is 14.0. The van der Waals surface area contributed by atoms with Gasteiger partial charge in [-0.1, -0.05) is 43.0 Å². The highest BCUT2D eigenvalue weighted by Crippen LogP contribution is 2.36. The Labute approximate surface area is 186 Å². The molecule has 1 aliphatic carbocycles. The first kappa shape index (κ1) is 24.3. The lowest BCUT2D eigenvalue weighted by molar-refractivity contribution is -0.173. The van der Waals surface area contributed by atoms with Crippen LogP contribution in [0.5, 0.6) is 0 Å². The number of hydrogen-bond donors (Lipinski definition) is 2. The van der Waals surface area contributed by atoms with Crippen molar-refractivity contribution >= 4 is 29.5 Å². The number of likely N-dealkylation sites (tertiary alicyclic amines) is 1. The lowest BCUT2D eigenvalue weighted by Gasteiger charge is -2.44. The highest BCUT2D eigenvalue weighted by molar-refractivity contribution is 6.30. The quantitative estimate of drug-likeness (QED) is 0.464. The lowest BCUT2D eigenvalue weighted by Crippen LogP contribution is -2.69. The fourth-order valence-corrected chi connectivity index (χ4v) is 4.72. The molecule has 1 aromatic carbocycles. The van der Waals surface area contributed by atoms with Gasteiger partial charge in [-0.05, 0) is 43.2 Å². The summed E-state index contributed by atoms with van der Waals surface area (Å²) in [6.07, 6.45) is -2.24. The molecule has 1 aromatic rings. The Bertz CT molecular complexity index is 889. The second kappa shape index (κ2) is 9.64. The maximum absolute atomic E-state index is 14.0. The molecule has 2 aliphatic rings. The molecule has 1 saturated carbocycles. The smallest absolute Gasteiger partial charge is 0.408 e. The predicted molar refractivity (Wildman–Crippen MR) is 106 cm³/mol. The van der Waals surface area contributed by atoms with Gasteiger partial charge in [0.15, 0.2) is 6.04 Å². The summed E-state index contributed by atoms with van der Waals surface area (Å²) >= 11 is 5.71. The van der Waals surface area contributed by atoms with E-state index < -0.39 is 53.8 Å². The fraction of sp³-hybridized carbons (Fsp3) is 0.571. The number of carboxylic acid groups (broad SMARTS) is 1. The topological polar surface area (TPSA) is 86.7 Å². The normalized spacial score (nSPS) is 22.9. The molecule has 0 aromatic heterocycles. The van der Waals surface area contributed by atoms with Crippen molar-refractivity contribution in [1.82, 2.24) is 10.2 Å². The second-order valence-corrected chi connectivity index (χ2v) is 8.62. The minimum absolute atomic E-state index is 0.0186. The molecule has 11 heteroatoms. The molecule has 3 amide bonds. The Balaban J connectivity index is 1.70. The van der Waals surface area contributed by atoms with Crippen LogP contribution in [-0.4, -0.2) is 46.2 Å². The Morgan fingerprint density at radius 3 is 2.47 bits per heavy atom. The molecule has 1 heterocycles. The van der Waals surface area contributed by atoms with Gasteiger partial charge in [-0.25, -0.2) is 18.9 Å². The Kier molecular flexibility index (Phi) is 7.32. The molecule has 32 heavy (non-hydrogen) atoms. The molecule has 3 rings (SSSR count). The third kappa shape index (κ3) is 5.00. The number of carboxylic acids is 1. The SMILES string of the molecule is O=C(O)C1C(CCc2cccc(Cl)c2F)C(=O)N1C(=O)NC(C1CCCCC1)C(F)(F)F. The van der Waals surface area contributed by atoms with Crippen LogP contribution in [0.3, 0.4) is 0 Å². The van der Waals surface area contributed by atoms with Gasteiger partial charge in [0.25, 0.3) is 0 Å². The molecule has 3 atom stereocenters. The first-order valence-corrected chi connectivity index (χ1v) is 10.8. The number of urea groups is 1. The number of β-lactam (4-membered cyclic amide) rings is 1. The van der Waals surface area contributed by atoms with Crippen LogP contribution in [0.1, 0.15) is 44.1 Å². The highest BCUT2D eigenvalue weighted by atomic mass is 35.5. The molecule has 176 valence electrons. The van der Waals surface area contributed by atoms with E-state index in [2.05, 4.69) is 0 Å². The van der Waals surface area contributed by atoms with E-state index in [0.29, 0.717) is 17.7 Å². The standard InChI is InChI=1S/C21H23ClF4N2O4/c22-14-8-4-7-11(15(14)23)9-10-13-16(19(30)31)28(18(13)29)20(32)27-17(21(24,25)26)12-5-2-1-3-6-12/h4,7-8,12-13,16-17H,1-3,5-6,9-10H2,(H,27,32)(H,30,31). The number of carbonyl (C=O) groups excluding carboxylic acids is 2. The summed E-state index contributed by atoms with van der Waals surface area (Å²) in [4.78, 5) is 37.0. The molecule has 3 unspecified atom stereocenters. The second-order valence-electron chi connectivity index (χ2n) is 8.22. The first-order valence-electron chi connectivity index (χ1n) is 10.4. The van der Waals surface area contributed by atoms with E-state index in [4.69, 9.17) is 11.6 Å². The fourth-order valence-electron chi connectivity index (χ4n) is 4.53. The molecular formula is C21H23ClF4N2O4. The summed E-state index contributed by atoms with van der Waals surface area (Å²) in [6.45, 7) is 0. The number of benzene rings is 1. The van der Waals surface area contributed by atoms with Crippen LogP contribution in [0.2, 0.25) is 5.02 Å². The Morgan fingerprint density at radius 2 is 1.88 bits per heavy atom. The number of aryl methyl sites for hydroxylation is 1. The van der Waals surface area contributed by atoms with Crippen molar-refractivity contribution < 1.29 is 37.1 Å². The third-order valence-corrected chi connectivity index (χ3v) is 6.49. The molecule has 2 fully saturated rings. The summed E-state index contributed by atoms with van der Waals surface area (Å²) in [5.74, 6) is -5.09. The zero-order valence-electron chi connectivity index (χ0n) is 17.0. The van der Waals surface area contributed by atoms with Gasteiger partial charge in [-0.15, -0.1) is 0 Å². The number of carbonyl (C=O) groups is 3. The largest absolute Gasteiger partial charge is 0.480 e. The minimum atomic E-state index is -4.73. The summed E-state index contributed by atoms with van der Waals surface area (Å²) in [6, 6.07) is -0.879. The molecule has 0 spiro atoms. The van der Waals surface area contributed by atoms with Gasteiger partial charge in [0.1, 0.15) is 11.9 Å². The Morgan fingerprint density at radius 1 is 1.22 bits per heavy atom. The van der Waals surface area contributed by atoms with Crippen molar-refractivity contribution in [2.75, 3.05) is 0 Å². The number of imide groups is 1. The summed E-state index contributed by atoms with van der Waals surface area (Å²) in [5, 5.41) is 11.2. The van der Waals surface area contributed by atoms with Crippen LogP contribution in [0, 0.1) is 17.7 Å². The van der Waals surface area contributed by atoms with Crippen LogP contribution in [0.4, 0.5) is 22.4 Å². The molecular weight excluding hydrogens is 456 g/mol. The molecule has 0 radical (unpaired) electrons. The van der Waals surface area contributed by atoms with Gasteiger partial charge in [0.2, 0.25) is 5.91 Å². The minimum Gasteiger partial charge on any atom is -0.480 e. The van der Waals surface area contributed by atoms with Crippen molar-refractivity contribution in [2.45, 2.75) is 63.2 Å². The van der Waals surface area contributed by atoms with E-state index in [1.54, 1.807) is 0 Å². The van der Waals surface area contributed by atoms with Gasteiger partial charge in [-0.3, -0.25) is 4.79 Å². The average Bonchev–Trinajstić information content (AvgIpc) is 2.72. The molecule has 1 aliphatic heterocycles. The van der Waals surface area contributed by atoms with Crippen molar-refractivity contribution in [3.63, 3.8) is 0 Å². The number of rotatable bonds is 6. The van der Waals surface area contributed by atoms with Crippen LogP contribution in [0.15, 0.2) is 18.2 Å². The molecule has 6 nitrogen and oxygen atoms in total. The van der Waals surface area contributed by atoms with E-state index in [1.807, 2.05) is 5.32 Å². The average molecular weight is 479 g/mol. The molecule has 0 bridgehead atoms. The monoisotopic (exact) mass is 478 g/mol. The number of aliphatic carboxylic acids is 1. The number of amides is 3. The van der Waals surface area contributed by atoms with Gasteiger partial charge in [0.05, 0.1) is 10.9 Å². The maximum Gasteiger partial charge on any atom is 0.408 e. The number of halogens is 5. The van der Waals surface area contributed by atoms with Gasteiger partial charge < -0.3 is 10.4 Å². The number of alkyl halides is 3. The predicted octanol–water partition coefficient (Wildman–Crippen LogP) is 4.54. The zero-order chi connectivity index (χ0) is 23.6. The number of hydrogen-bond acceptors (Lipinski definition) is 3. The van der Waals surface area contributed by atoms with Crippen molar-refractivity contribution in [2.24, 2.45) is 11.8 Å². The van der Waals surface area contributed by atoms with E-state index in [9.17, 15) is 37.1 Å². The summed E-state index contributed by atoms with van der Waals surface area (Å²) in [5.41, 5.74) is 0.173. The van der Waals surface area contributed by atoms with Gasteiger partial charge in [0, 0.05) is 0 Å². The summed E-state index contributed by atoms with van der Waals surface area (Å²) in [7, 11) is 0. The van der Waals surface area contributed by atoms with E-state index in [1.165, 1.54) is 18.2 Å². The van der Waals surface area contributed by atoms with Crippen LogP contribution in [-0.2, 0) is 16.0 Å². The first-order chi connectivity index (χ1) is 15.0. The van der Waals surface area contributed by atoms with Crippen LogP contribution in [0.25, 0.3) is 0 Å². The Hall–Kier alpha value is -2.36. The van der Waals surface area contributed by atoms with Crippen molar-refractivity contribution in [3.05, 3.63) is 34.6 Å². The lowest BCUT2D eigenvalue weighted by atomic mass is 9.82.